The smallest absolute Gasteiger partial charge is 0.328 e. The number of carbonyl (C=O) groups is 2. The van der Waals surface area contributed by atoms with E-state index in [2.05, 4.69) is 27.9 Å². The highest BCUT2D eigenvalue weighted by atomic mass is 127. The Balaban J connectivity index is 2.04. The predicted molar refractivity (Wildman–Crippen MR) is 122 cm³/mol. The molecule has 1 amide bonds. The zero-order chi connectivity index (χ0) is 21.2. The first-order chi connectivity index (χ1) is 13.7. The normalized spacial score (nSPS) is 11.3. The molecular weight excluding hydrogens is 505 g/mol. The number of hydrogen-bond donors (Lipinski definition) is 2. The van der Waals surface area contributed by atoms with Crippen molar-refractivity contribution in [3.05, 3.63) is 74.3 Å². The fraction of sp³-hybridized carbons (Fsp3) is 0.182. The summed E-state index contributed by atoms with van der Waals surface area (Å²) in [5.41, 5.74) is -0.207. The molecule has 0 aliphatic heterocycles. The Morgan fingerprint density at radius 1 is 1.14 bits per heavy atom. The van der Waals surface area contributed by atoms with Gasteiger partial charge in [-0.3, -0.25) is 4.79 Å². The molecule has 0 fully saturated rings. The van der Waals surface area contributed by atoms with E-state index in [-0.39, 0.29) is 6.61 Å². The van der Waals surface area contributed by atoms with Crippen LogP contribution in [0.15, 0.2) is 54.6 Å². The van der Waals surface area contributed by atoms with Gasteiger partial charge in [0.1, 0.15) is 17.9 Å². The molecule has 0 saturated heterocycles. The van der Waals surface area contributed by atoms with Crippen molar-refractivity contribution in [2.75, 3.05) is 0 Å². The fourth-order valence-electron chi connectivity index (χ4n) is 2.78. The molecule has 0 radical (unpaired) electrons. The number of ether oxygens (including phenoxy) is 1. The van der Waals surface area contributed by atoms with Crippen LogP contribution in [0.2, 0.25) is 5.02 Å². The van der Waals surface area contributed by atoms with Crippen molar-refractivity contribution in [2.24, 2.45) is 0 Å². The fourth-order valence-corrected chi connectivity index (χ4v) is 3.73. The van der Waals surface area contributed by atoms with E-state index in [9.17, 15) is 14.7 Å². The molecule has 0 saturated carbocycles. The number of nitrogens with one attached hydrogen (secondary N) is 1. The van der Waals surface area contributed by atoms with Crippen molar-refractivity contribution >= 4 is 56.8 Å². The summed E-state index contributed by atoms with van der Waals surface area (Å²) in [6.07, 6.45) is 0. The Hall–Kier alpha value is -2.32. The summed E-state index contributed by atoms with van der Waals surface area (Å²) in [5.74, 6) is -1.20. The number of benzene rings is 3. The van der Waals surface area contributed by atoms with Gasteiger partial charge in [0.05, 0.1) is 5.56 Å². The maximum Gasteiger partial charge on any atom is 0.328 e. The van der Waals surface area contributed by atoms with Crippen LogP contribution in [0, 0.1) is 3.57 Å². The van der Waals surface area contributed by atoms with Gasteiger partial charge in [-0.2, -0.15) is 0 Å². The zero-order valence-electron chi connectivity index (χ0n) is 15.8. The molecule has 0 unspecified atom stereocenters. The predicted octanol–water partition coefficient (Wildman–Crippen LogP) is 5.27. The molecule has 0 atom stereocenters. The lowest BCUT2D eigenvalue weighted by Gasteiger charge is -2.23. The second-order valence-corrected chi connectivity index (χ2v) is 8.68. The number of halogens is 2. The third kappa shape index (κ3) is 4.82. The average molecular weight is 524 g/mol. The van der Waals surface area contributed by atoms with Crippen molar-refractivity contribution in [1.29, 1.82) is 0 Å². The number of amides is 1. The lowest BCUT2D eigenvalue weighted by molar-refractivity contribution is -0.143. The monoisotopic (exact) mass is 523 g/mol. The topological polar surface area (TPSA) is 75.6 Å². The van der Waals surface area contributed by atoms with Crippen molar-refractivity contribution in [1.82, 2.24) is 5.32 Å². The van der Waals surface area contributed by atoms with E-state index in [1.807, 2.05) is 42.5 Å². The minimum absolute atomic E-state index is 0.240. The van der Waals surface area contributed by atoms with E-state index in [1.54, 1.807) is 12.1 Å². The van der Waals surface area contributed by atoms with Crippen LogP contribution in [0.4, 0.5) is 0 Å². The molecule has 5 nitrogen and oxygen atoms in total. The number of carboxylic acid groups (broad SMARTS) is 1. The van der Waals surface area contributed by atoms with Gasteiger partial charge in [0.2, 0.25) is 0 Å². The molecule has 29 heavy (non-hydrogen) atoms. The molecule has 0 spiro atoms. The van der Waals surface area contributed by atoms with Crippen LogP contribution in [0.25, 0.3) is 10.8 Å². The summed E-state index contributed by atoms with van der Waals surface area (Å²) in [4.78, 5) is 24.5. The van der Waals surface area contributed by atoms with Crippen LogP contribution in [-0.2, 0) is 11.4 Å². The molecule has 150 valence electrons. The Morgan fingerprint density at radius 3 is 2.45 bits per heavy atom. The third-order valence-corrected chi connectivity index (χ3v) is 5.54. The number of carboxylic acids is 1. The largest absolute Gasteiger partial charge is 0.487 e. The Bertz CT molecular complexity index is 1080. The van der Waals surface area contributed by atoms with Gasteiger partial charge in [0.15, 0.2) is 0 Å². The summed E-state index contributed by atoms with van der Waals surface area (Å²) in [5, 5.41) is 14.3. The maximum atomic E-state index is 13.0. The van der Waals surface area contributed by atoms with Crippen molar-refractivity contribution in [3.8, 4) is 5.75 Å². The minimum atomic E-state index is -1.42. The van der Waals surface area contributed by atoms with Crippen LogP contribution >= 0.6 is 34.2 Å². The summed E-state index contributed by atoms with van der Waals surface area (Å²) in [6.45, 7) is 3.12. The van der Waals surface area contributed by atoms with Gasteiger partial charge in [-0.05, 0) is 65.6 Å². The standard InChI is InChI=1S/C22H19ClINO4/c1-22(2,21(27)28)25-20(26)18-17(24)11-14-5-3-4-6-16(14)19(18)29-12-13-7-9-15(23)10-8-13/h3-11H,12H2,1-2H3,(H,25,26)(H,27,28). The summed E-state index contributed by atoms with van der Waals surface area (Å²) in [7, 11) is 0. The van der Waals surface area contributed by atoms with Gasteiger partial charge in [-0.1, -0.05) is 48.0 Å². The van der Waals surface area contributed by atoms with Crippen LogP contribution in [-0.4, -0.2) is 22.5 Å². The first-order valence-electron chi connectivity index (χ1n) is 8.83. The molecule has 0 heterocycles. The van der Waals surface area contributed by atoms with E-state index in [1.165, 1.54) is 13.8 Å². The quantitative estimate of drug-likeness (QED) is 0.432. The van der Waals surface area contributed by atoms with E-state index in [0.29, 0.717) is 19.9 Å². The third-order valence-electron chi connectivity index (χ3n) is 4.44. The highest BCUT2D eigenvalue weighted by molar-refractivity contribution is 14.1. The minimum Gasteiger partial charge on any atom is -0.487 e. The van der Waals surface area contributed by atoms with Crippen LogP contribution in [0.1, 0.15) is 29.8 Å². The van der Waals surface area contributed by atoms with Gasteiger partial charge < -0.3 is 15.2 Å². The maximum absolute atomic E-state index is 13.0. The number of rotatable bonds is 6. The molecule has 0 aromatic heterocycles. The molecule has 3 rings (SSSR count). The van der Waals surface area contributed by atoms with E-state index in [4.69, 9.17) is 16.3 Å². The van der Waals surface area contributed by atoms with Gasteiger partial charge >= 0.3 is 5.97 Å². The van der Waals surface area contributed by atoms with Crippen LogP contribution < -0.4 is 10.1 Å². The van der Waals surface area contributed by atoms with Crippen molar-refractivity contribution in [2.45, 2.75) is 26.0 Å². The van der Waals surface area contributed by atoms with Crippen LogP contribution in [0.3, 0.4) is 0 Å². The molecule has 0 aliphatic rings. The Labute approximate surface area is 187 Å². The van der Waals surface area contributed by atoms with Gasteiger partial charge in [0.25, 0.3) is 5.91 Å². The van der Waals surface area contributed by atoms with E-state index in [0.717, 1.165) is 16.3 Å². The highest BCUT2D eigenvalue weighted by Crippen LogP contribution is 2.34. The molecule has 2 N–H and O–H groups in total. The molecular formula is C22H19ClINO4. The molecule has 7 heteroatoms. The van der Waals surface area contributed by atoms with E-state index < -0.39 is 17.4 Å². The number of aliphatic carboxylic acids is 1. The van der Waals surface area contributed by atoms with Gasteiger partial charge in [0, 0.05) is 14.0 Å². The Kier molecular flexibility index (Phi) is 6.33. The number of carbonyl (C=O) groups excluding carboxylic acids is 1. The lowest BCUT2D eigenvalue weighted by Crippen LogP contribution is -2.49. The second-order valence-electron chi connectivity index (χ2n) is 7.08. The van der Waals surface area contributed by atoms with Crippen molar-refractivity contribution < 1.29 is 19.4 Å². The Morgan fingerprint density at radius 2 is 1.79 bits per heavy atom. The number of hydrogen-bond acceptors (Lipinski definition) is 3. The molecule has 0 bridgehead atoms. The molecule has 0 aliphatic carbocycles. The van der Waals surface area contributed by atoms with Crippen LogP contribution in [0.5, 0.6) is 5.75 Å². The molecule has 3 aromatic rings. The second kappa shape index (κ2) is 8.59. The molecule has 3 aromatic carbocycles. The summed E-state index contributed by atoms with van der Waals surface area (Å²) in [6, 6.07) is 16.7. The SMILES string of the molecule is CC(C)(NC(=O)c1c(I)cc2ccccc2c1OCc1ccc(Cl)cc1)C(=O)O. The van der Waals surface area contributed by atoms with Crippen molar-refractivity contribution in [3.63, 3.8) is 0 Å². The zero-order valence-corrected chi connectivity index (χ0v) is 18.7. The summed E-state index contributed by atoms with van der Waals surface area (Å²) < 4.78 is 6.77. The lowest BCUT2D eigenvalue weighted by atomic mass is 10.0. The van der Waals surface area contributed by atoms with Gasteiger partial charge in [-0.15, -0.1) is 0 Å². The van der Waals surface area contributed by atoms with E-state index >= 15 is 0 Å². The first-order valence-corrected chi connectivity index (χ1v) is 10.3. The van der Waals surface area contributed by atoms with Gasteiger partial charge in [-0.25, -0.2) is 4.79 Å². The highest BCUT2D eigenvalue weighted by Gasteiger charge is 2.31. The number of fused-ring (bicyclic) bond motifs is 1. The first kappa shape index (κ1) is 21.4. The average Bonchev–Trinajstić information content (AvgIpc) is 2.66. The summed E-state index contributed by atoms with van der Waals surface area (Å²) >= 11 is 8.01.